The molecule has 0 unspecified atom stereocenters. The van der Waals surface area contributed by atoms with Crippen LogP contribution in [0.3, 0.4) is 0 Å². The van der Waals surface area contributed by atoms with Crippen molar-refractivity contribution in [2.75, 3.05) is 7.11 Å². The summed E-state index contributed by atoms with van der Waals surface area (Å²) < 4.78 is 10.8. The first kappa shape index (κ1) is 18.9. The average molecular weight is 363 g/mol. The van der Waals surface area contributed by atoms with Gasteiger partial charge in [-0.1, -0.05) is 11.6 Å². The molecule has 0 bridgehead atoms. The SMILES string of the molecule is COc1ccc(-c2nc3c(C)cc(C)cc3c(C(=O)OC(C)C)c2C)cc1. The summed E-state index contributed by atoms with van der Waals surface area (Å²) in [7, 11) is 1.64. The molecule has 140 valence electrons. The van der Waals surface area contributed by atoms with Crippen molar-refractivity contribution >= 4 is 16.9 Å². The average Bonchev–Trinajstić information content (AvgIpc) is 2.60. The molecule has 3 aromatic rings. The molecule has 27 heavy (non-hydrogen) atoms. The largest absolute Gasteiger partial charge is 0.497 e. The van der Waals surface area contributed by atoms with Gasteiger partial charge < -0.3 is 9.47 Å². The zero-order valence-electron chi connectivity index (χ0n) is 16.7. The molecule has 0 aliphatic heterocycles. The standard InChI is InChI=1S/C23H25NO3/c1-13(2)27-23(25)20-16(5)22(17-7-9-18(26-6)10-8-17)24-21-15(4)11-14(3)12-19(20)21/h7-13H,1-6H3. The van der Waals surface area contributed by atoms with E-state index in [2.05, 4.69) is 6.07 Å². The summed E-state index contributed by atoms with van der Waals surface area (Å²) >= 11 is 0. The van der Waals surface area contributed by atoms with Gasteiger partial charge in [0.1, 0.15) is 5.75 Å². The van der Waals surface area contributed by atoms with E-state index in [4.69, 9.17) is 14.5 Å². The molecule has 0 saturated heterocycles. The lowest BCUT2D eigenvalue weighted by atomic mass is 9.95. The maximum absolute atomic E-state index is 12.9. The summed E-state index contributed by atoms with van der Waals surface area (Å²) in [5.41, 5.74) is 6.10. The highest BCUT2D eigenvalue weighted by Gasteiger charge is 2.22. The summed E-state index contributed by atoms with van der Waals surface area (Å²) in [5.74, 6) is 0.470. The van der Waals surface area contributed by atoms with E-state index in [1.54, 1.807) is 7.11 Å². The van der Waals surface area contributed by atoms with Crippen molar-refractivity contribution < 1.29 is 14.3 Å². The number of methoxy groups -OCH3 is 1. The van der Waals surface area contributed by atoms with Crippen molar-refractivity contribution in [3.05, 3.63) is 58.7 Å². The number of aromatic nitrogens is 1. The number of hydrogen-bond acceptors (Lipinski definition) is 4. The van der Waals surface area contributed by atoms with Crippen LogP contribution >= 0.6 is 0 Å². The predicted molar refractivity (Wildman–Crippen MR) is 108 cm³/mol. The van der Waals surface area contributed by atoms with Crippen LogP contribution in [-0.2, 0) is 4.74 Å². The van der Waals surface area contributed by atoms with Gasteiger partial charge in [-0.25, -0.2) is 9.78 Å². The number of pyridine rings is 1. The Kier molecular flexibility index (Phi) is 5.17. The second kappa shape index (κ2) is 7.39. The summed E-state index contributed by atoms with van der Waals surface area (Å²) in [6.45, 7) is 9.69. The van der Waals surface area contributed by atoms with Crippen LogP contribution < -0.4 is 4.74 Å². The smallest absolute Gasteiger partial charge is 0.339 e. The lowest BCUT2D eigenvalue weighted by molar-refractivity contribution is 0.0379. The van der Waals surface area contributed by atoms with Gasteiger partial charge in [0.2, 0.25) is 0 Å². The van der Waals surface area contributed by atoms with Crippen LogP contribution in [0, 0.1) is 20.8 Å². The van der Waals surface area contributed by atoms with Crippen LogP contribution in [0.4, 0.5) is 0 Å². The Labute approximate surface area is 160 Å². The van der Waals surface area contributed by atoms with Crippen LogP contribution in [0.2, 0.25) is 0 Å². The van der Waals surface area contributed by atoms with Crippen molar-refractivity contribution in [3.8, 4) is 17.0 Å². The Hall–Kier alpha value is -2.88. The normalized spacial score (nSPS) is 11.1. The topological polar surface area (TPSA) is 48.4 Å². The van der Waals surface area contributed by atoms with Crippen LogP contribution in [0.1, 0.15) is 40.9 Å². The zero-order chi connectivity index (χ0) is 19.7. The van der Waals surface area contributed by atoms with Crippen LogP contribution in [0.25, 0.3) is 22.2 Å². The Morgan fingerprint density at radius 3 is 2.30 bits per heavy atom. The van der Waals surface area contributed by atoms with Gasteiger partial charge in [-0.05, 0) is 76.1 Å². The number of fused-ring (bicyclic) bond motifs is 1. The molecule has 0 aliphatic carbocycles. The summed E-state index contributed by atoms with van der Waals surface area (Å²) in [6.07, 6.45) is -0.185. The number of benzene rings is 2. The van der Waals surface area contributed by atoms with Gasteiger partial charge in [0.25, 0.3) is 0 Å². The van der Waals surface area contributed by atoms with E-state index in [1.807, 2.05) is 65.0 Å². The summed E-state index contributed by atoms with van der Waals surface area (Å²) in [6, 6.07) is 11.8. The number of nitrogens with zero attached hydrogens (tertiary/aromatic N) is 1. The number of ether oxygens (including phenoxy) is 2. The van der Waals surface area contributed by atoms with Crippen LogP contribution in [0.5, 0.6) is 5.75 Å². The van der Waals surface area contributed by atoms with Crippen LogP contribution in [0.15, 0.2) is 36.4 Å². The highest BCUT2D eigenvalue weighted by Crippen LogP contribution is 2.33. The van der Waals surface area contributed by atoms with E-state index < -0.39 is 0 Å². The maximum atomic E-state index is 12.9. The predicted octanol–water partition coefficient (Wildman–Crippen LogP) is 5.40. The Morgan fingerprint density at radius 2 is 1.70 bits per heavy atom. The second-order valence-corrected chi connectivity index (χ2v) is 7.12. The first-order valence-electron chi connectivity index (χ1n) is 9.08. The van der Waals surface area contributed by atoms with Gasteiger partial charge in [-0.2, -0.15) is 0 Å². The molecule has 0 aliphatic rings. The van der Waals surface area contributed by atoms with Crippen molar-refractivity contribution in [2.24, 2.45) is 0 Å². The van der Waals surface area contributed by atoms with Crippen molar-refractivity contribution in [1.82, 2.24) is 4.98 Å². The molecule has 0 radical (unpaired) electrons. The number of aryl methyl sites for hydroxylation is 2. The quantitative estimate of drug-likeness (QED) is 0.582. The molecule has 0 atom stereocenters. The summed E-state index contributed by atoms with van der Waals surface area (Å²) in [4.78, 5) is 17.8. The third-order valence-electron chi connectivity index (χ3n) is 4.58. The molecule has 4 nitrogen and oxygen atoms in total. The second-order valence-electron chi connectivity index (χ2n) is 7.12. The number of hydrogen-bond donors (Lipinski definition) is 0. The van der Waals surface area contributed by atoms with Gasteiger partial charge in [0.05, 0.1) is 30.0 Å². The van der Waals surface area contributed by atoms with E-state index >= 15 is 0 Å². The Bertz CT molecular complexity index is 1000. The molecule has 0 amide bonds. The number of esters is 1. The fraction of sp³-hybridized carbons (Fsp3) is 0.304. The third-order valence-corrected chi connectivity index (χ3v) is 4.58. The molecule has 0 saturated carbocycles. The zero-order valence-corrected chi connectivity index (χ0v) is 16.7. The van der Waals surface area contributed by atoms with Gasteiger partial charge in [0, 0.05) is 10.9 Å². The molecule has 2 aromatic carbocycles. The number of carbonyl (C=O) groups excluding carboxylic acids is 1. The van der Waals surface area contributed by atoms with Gasteiger partial charge in [-0.15, -0.1) is 0 Å². The molecular weight excluding hydrogens is 338 g/mol. The first-order valence-corrected chi connectivity index (χ1v) is 9.08. The molecule has 1 aromatic heterocycles. The molecule has 0 spiro atoms. The lowest BCUT2D eigenvalue weighted by Crippen LogP contribution is -2.14. The molecule has 1 heterocycles. The van der Waals surface area contributed by atoms with Gasteiger partial charge in [-0.3, -0.25) is 0 Å². The molecule has 0 fully saturated rings. The van der Waals surface area contributed by atoms with E-state index in [0.29, 0.717) is 5.56 Å². The highest BCUT2D eigenvalue weighted by atomic mass is 16.5. The minimum Gasteiger partial charge on any atom is -0.497 e. The van der Waals surface area contributed by atoms with Crippen LogP contribution in [-0.4, -0.2) is 24.2 Å². The van der Waals surface area contributed by atoms with E-state index in [-0.39, 0.29) is 12.1 Å². The number of rotatable bonds is 4. The fourth-order valence-electron chi connectivity index (χ4n) is 3.38. The molecule has 4 heteroatoms. The molecule has 3 rings (SSSR count). The Morgan fingerprint density at radius 1 is 1.04 bits per heavy atom. The third kappa shape index (κ3) is 3.65. The lowest BCUT2D eigenvalue weighted by Gasteiger charge is -2.17. The monoisotopic (exact) mass is 363 g/mol. The first-order chi connectivity index (χ1) is 12.8. The van der Waals surface area contributed by atoms with Gasteiger partial charge >= 0.3 is 5.97 Å². The van der Waals surface area contributed by atoms with E-state index in [0.717, 1.165) is 44.6 Å². The molecule has 0 N–H and O–H groups in total. The fourth-order valence-corrected chi connectivity index (χ4v) is 3.38. The Balaban J connectivity index is 2.32. The minimum absolute atomic E-state index is 0.185. The van der Waals surface area contributed by atoms with Crippen molar-refractivity contribution in [1.29, 1.82) is 0 Å². The van der Waals surface area contributed by atoms with Gasteiger partial charge in [0.15, 0.2) is 0 Å². The number of carbonyl (C=O) groups is 1. The van der Waals surface area contributed by atoms with Crippen molar-refractivity contribution in [3.63, 3.8) is 0 Å². The maximum Gasteiger partial charge on any atom is 0.339 e. The van der Waals surface area contributed by atoms with E-state index in [9.17, 15) is 4.79 Å². The minimum atomic E-state index is -0.310. The van der Waals surface area contributed by atoms with Crippen molar-refractivity contribution in [2.45, 2.75) is 40.7 Å². The van der Waals surface area contributed by atoms with E-state index in [1.165, 1.54) is 0 Å². The molecular formula is C23H25NO3. The highest BCUT2D eigenvalue weighted by molar-refractivity contribution is 6.07. The summed E-state index contributed by atoms with van der Waals surface area (Å²) in [5, 5.41) is 0.841.